The Hall–Kier alpha value is -4.05. The molecule has 9 nitrogen and oxygen atoms in total. The van der Waals surface area contributed by atoms with Gasteiger partial charge < -0.3 is 14.8 Å². The quantitative estimate of drug-likeness (QED) is 0.213. The average molecular weight is 503 g/mol. The van der Waals surface area contributed by atoms with Crippen LogP contribution < -0.4 is 14.8 Å². The first-order valence-electron chi connectivity index (χ1n) is 11.7. The molecule has 5 aromatic rings. The summed E-state index contributed by atoms with van der Waals surface area (Å²) in [6, 6.07) is 17.2. The van der Waals surface area contributed by atoms with E-state index < -0.39 is 0 Å². The molecule has 10 heteroatoms. The maximum atomic E-state index is 12.5. The molecule has 0 bridgehead atoms. The first-order valence-corrected chi connectivity index (χ1v) is 12.7. The van der Waals surface area contributed by atoms with Gasteiger partial charge in [0, 0.05) is 29.7 Å². The topological polar surface area (TPSA) is 95.0 Å². The molecule has 0 radical (unpaired) electrons. The molecule has 0 atom stereocenters. The standard InChI is InChI=1S/C26H26N6O3S/c1-3-4-14-35-20-10-8-18(9-11-20)22-16-23-25-28-29-26(31(25)12-13-32(23)30-22)36-17-24(33)27-19-6-5-7-21(15-19)34-2/h5-13,15-16H,3-4,14,17H2,1-2H3,(H,27,33). The number of hydrogen-bond donors (Lipinski definition) is 1. The molecular formula is C26H26N6O3S. The average Bonchev–Trinajstić information content (AvgIpc) is 3.52. The molecule has 3 heterocycles. The van der Waals surface area contributed by atoms with Crippen LogP contribution in [0.3, 0.4) is 0 Å². The van der Waals surface area contributed by atoms with Gasteiger partial charge in [-0.1, -0.05) is 31.2 Å². The number of carbonyl (C=O) groups is 1. The van der Waals surface area contributed by atoms with Crippen molar-refractivity contribution >= 4 is 34.5 Å². The molecule has 0 aliphatic carbocycles. The highest BCUT2D eigenvalue weighted by Gasteiger charge is 2.14. The van der Waals surface area contributed by atoms with Crippen LogP contribution in [-0.4, -0.2) is 49.6 Å². The Balaban J connectivity index is 1.29. The zero-order valence-corrected chi connectivity index (χ0v) is 20.9. The van der Waals surface area contributed by atoms with Crippen molar-refractivity contribution in [2.75, 3.05) is 24.8 Å². The van der Waals surface area contributed by atoms with Crippen molar-refractivity contribution in [1.29, 1.82) is 0 Å². The molecule has 36 heavy (non-hydrogen) atoms. The van der Waals surface area contributed by atoms with E-state index in [4.69, 9.17) is 14.6 Å². The first kappa shape index (κ1) is 23.7. The van der Waals surface area contributed by atoms with Gasteiger partial charge in [0.1, 0.15) is 17.0 Å². The van der Waals surface area contributed by atoms with Crippen LogP contribution in [0.2, 0.25) is 0 Å². The molecule has 0 fully saturated rings. The second kappa shape index (κ2) is 10.7. The summed E-state index contributed by atoms with van der Waals surface area (Å²) in [5.41, 5.74) is 4.00. The Bertz CT molecular complexity index is 1500. The van der Waals surface area contributed by atoms with Gasteiger partial charge in [-0.2, -0.15) is 5.10 Å². The summed E-state index contributed by atoms with van der Waals surface area (Å²) in [5.74, 6) is 1.59. The predicted octanol–water partition coefficient (Wildman–Crippen LogP) is 4.96. The highest BCUT2D eigenvalue weighted by atomic mass is 32.2. The number of nitrogens with zero attached hydrogens (tertiary/aromatic N) is 5. The van der Waals surface area contributed by atoms with Crippen molar-refractivity contribution < 1.29 is 14.3 Å². The molecule has 5 rings (SSSR count). The van der Waals surface area contributed by atoms with Crippen LogP contribution in [0.4, 0.5) is 5.69 Å². The second-order valence-electron chi connectivity index (χ2n) is 8.13. The third-order valence-electron chi connectivity index (χ3n) is 5.59. The Morgan fingerprint density at radius 2 is 1.92 bits per heavy atom. The summed E-state index contributed by atoms with van der Waals surface area (Å²) in [6.45, 7) is 2.86. The van der Waals surface area contributed by atoms with Crippen LogP contribution in [0.1, 0.15) is 19.8 Å². The number of carbonyl (C=O) groups excluding carboxylic acids is 1. The molecule has 0 aliphatic heterocycles. The van der Waals surface area contributed by atoms with E-state index in [9.17, 15) is 4.79 Å². The number of benzene rings is 2. The molecule has 2 aromatic carbocycles. The van der Waals surface area contributed by atoms with Crippen LogP contribution >= 0.6 is 11.8 Å². The number of unbranched alkanes of at least 4 members (excludes halogenated alkanes) is 1. The number of aromatic nitrogens is 5. The van der Waals surface area contributed by atoms with Crippen molar-refractivity contribution in [2.45, 2.75) is 24.9 Å². The number of fused-ring (bicyclic) bond motifs is 3. The predicted molar refractivity (Wildman–Crippen MR) is 140 cm³/mol. The fourth-order valence-electron chi connectivity index (χ4n) is 3.71. The van der Waals surface area contributed by atoms with Gasteiger partial charge >= 0.3 is 0 Å². The highest BCUT2D eigenvalue weighted by molar-refractivity contribution is 7.99. The van der Waals surface area contributed by atoms with E-state index in [1.165, 1.54) is 11.8 Å². The molecule has 0 aliphatic rings. The largest absolute Gasteiger partial charge is 0.497 e. The van der Waals surface area contributed by atoms with E-state index in [2.05, 4.69) is 22.4 Å². The number of amides is 1. The molecule has 1 amide bonds. The molecule has 0 unspecified atom stereocenters. The lowest BCUT2D eigenvalue weighted by atomic mass is 10.1. The minimum atomic E-state index is -0.139. The number of methoxy groups -OCH3 is 1. The van der Waals surface area contributed by atoms with Gasteiger partial charge in [0.15, 0.2) is 10.8 Å². The molecule has 0 saturated heterocycles. The monoisotopic (exact) mass is 502 g/mol. The summed E-state index contributed by atoms with van der Waals surface area (Å²) in [5, 5.41) is 16.9. The van der Waals surface area contributed by atoms with Crippen molar-refractivity contribution in [3.05, 3.63) is 67.0 Å². The fourth-order valence-corrected chi connectivity index (χ4v) is 4.43. The Kier molecular flexibility index (Phi) is 7.03. The number of rotatable bonds is 10. The zero-order chi connectivity index (χ0) is 24.9. The van der Waals surface area contributed by atoms with Crippen molar-refractivity contribution in [1.82, 2.24) is 24.2 Å². The Morgan fingerprint density at radius 1 is 1.06 bits per heavy atom. The minimum absolute atomic E-state index is 0.139. The third-order valence-corrected chi connectivity index (χ3v) is 6.53. The highest BCUT2D eigenvalue weighted by Crippen LogP contribution is 2.26. The second-order valence-corrected chi connectivity index (χ2v) is 9.07. The zero-order valence-electron chi connectivity index (χ0n) is 20.0. The molecular weight excluding hydrogens is 476 g/mol. The van der Waals surface area contributed by atoms with Crippen LogP contribution in [0.5, 0.6) is 11.5 Å². The van der Waals surface area contributed by atoms with Gasteiger partial charge in [-0.05, 0) is 48.9 Å². The van der Waals surface area contributed by atoms with E-state index in [-0.39, 0.29) is 11.7 Å². The summed E-state index contributed by atoms with van der Waals surface area (Å²) >= 11 is 1.32. The minimum Gasteiger partial charge on any atom is -0.497 e. The van der Waals surface area contributed by atoms with Crippen molar-refractivity contribution in [3.63, 3.8) is 0 Å². The summed E-state index contributed by atoms with van der Waals surface area (Å²) < 4.78 is 14.6. The van der Waals surface area contributed by atoms with Crippen LogP contribution in [0.25, 0.3) is 22.4 Å². The van der Waals surface area contributed by atoms with Crippen molar-refractivity contribution in [3.8, 4) is 22.8 Å². The van der Waals surface area contributed by atoms with Crippen molar-refractivity contribution in [2.24, 2.45) is 0 Å². The van der Waals surface area contributed by atoms with E-state index in [1.807, 2.05) is 65.3 Å². The molecule has 0 saturated carbocycles. The van der Waals surface area contributed by atoms with E-state index >= 15 is 0 Å². The van der Waals surface area contributed by atoms with Gasteiger partial charge in [-0.3, -0.25) is 9.20 Å². The molecule has 0 spiro atoms. The van der Waals surface area contributed by atoms with E-state index in [0.717, 1.165) is 42.0 Å². The van der Waals surface area contributed by atoms with Crippen LogP contribution in [0.15, 0.2) is 72.1 Å². The molecule has 1 N–H and O–H groups in total. The molecule has 3 aromatic heterocycles. The fraction of sp³-hybridized carbons (Fsp3) is 0.231. The number of hydrogen-bond acceptors (Lipinski definition) is 7. The number of thioether (sulfide) groups is 1. The number of anilines is 1. The number of nitrogens with one attached hydrogen (secondary N) is 1. The Morgan fingerprint density at radius 3 is 2.72 bits per heavy atom. The van der Waals surface area contributed by atoms with Crippen LogP contribution in [-0.2, 0) is 4.79 Å². The van der Waals surface area contributed by atoms with Gasteiger partial charge in [-0.15, -0.1) is 10.2 Å². The van der Waals surface area contributed by atoms with Gasteiger partial charge in [-0.25, -0.2) is 4.52 Å². The van der Waals surface area contributed by atoms with Gasteiger partial charge in [0.2, 0.25) is 5.91 Å². The maximum absolute atomic E-state index is 12.5. The lowest BCUT2D eigenvalue weighted by molar-refractivity contribution is -0.113. The maximum Gasteiger partial charge on any atom is 0.234 e. The lowest BCUT2D eigenvalue weighted by Crippen LogP contribution is -2.14. The molecule has 184 valence electrons. The van der Waals surface area contributed by atoms with E-state index in [1.54, 1.807) is 17.7 Å². The number of ether oxygens (including phenoxy) is 2. The SMILES string of the molecule is CCCCOc1ccc(-c2cc3c4nnc(SCC(=O)Nc5cccc(OC)c5)n4ccn3n2)cc1. The van der Waals surface area contributed by atoms with Gasteiger partial charge in [0.05, 0.1) is 25.2 Å². The normalized spacial score (nSPS) is 11.2. The summed E-state index contributed by atoms with van der Waals surface area (Å²) in [6.07, 6.45) is 5.85. The summed E-state index contributed by atoms with van der Waals surface area (Å²) in [4.78, 5) is 12.5. The smallest absolute Gasteiger partial charge is 0.234 e. The van der Waals surface area contributed by atoms with E-state index in [0.29, 0.717) is 22.2 Å². The first-order chi connectivity index (χ1) is 17.6. The third kappa shape index (κ3) is 5.13. The Labute approximate surface area is 212 Å². The lowest BCUT2D eigenvalue weighted by Gasteiger charge is -2.06. The van der Waals surface area contributed by atoms with Gasteiger partial charge in [0.25, 0.3) is 0 Å². The van der Waals surface area contributed by atoms with Crippen LogP contribution in [0, 0.1) is 0 Å². The summed E-state index contributed by atoms with van der Waals surface area (Å²) in [7, 11) is 1.59.